The van der Waals surface area contributed by atoms with Crippen LogP contribution < -0.4 is 5.73 Å². The molecule has 3 aromatic rings. The van der Waals surface area contributed by atoms with E-state index >= 15 is 0 Å². The van der Waals surface area contributed by atoms with Gasteiger partial charge in [0.05, 0.1) is 0 Å². The predicted molar refractivity (Wildman–Crippen MR) is 69.6 cm³/mol. The number of hydrogen-bond acceptors (Lipinski definition) is 4. The molecule has 2 aromatic heterocycles. The fraction of sp³-hybridized carbons (Fsp3) is 0. The Morgan fingerprint density at radius 1 is 0.944 bits per heavy atom. The van der Waals surface area contributed by atoms with E-state index in [1.807, 2.05) is 42.5 Å². The molecule has 0 fully saturated rings. The van der Waals surface area contributed by atoms with Gasteiger partial charge in [0.1, 0.15) is 17.8 Å². The second kappa shape index (κ2) is 4.33. The van der Waals surface area contributed by atoms with Crippen LogP contribution in [0.5, 0.6) is 0 Å². The molecule has 88 valence electrons. The summed E-state index contributed by atoms with van der Waals surface area (Å²) in [5, 5.41) is 3.93. The number of rotatable bonds is 2. The highest BCUT2D eigenvalue weighted by Crippen LogP contribution is 2.25. The molecule has 3 rings (SSSR count). The highest BCUT2D eigenvalue weighted by Gasteiger charge is 2.04. The van der Waals surface area contributed by atoms with Crippen molar-refractivity contribution in [3.8, 4) is 22.4 Å². The first-order chi connectivity index (χ1) is 8.83. The summed E-state index contributed by atoms with van der Waals surface area (Å²) in [6.07, 6.45) is 3.26. The van der Waals surface area contributed by atoms with Crippen molar-refractivity contribution in [2.24, 2.45) is 0 Å². The van der Waals surface area contributed by atoms with Crippen molar-refractivity contribution in [1.29, 1.82) is 0 Å². The van der Waals surface area contributed by atoms with E-state index in [1.54, 1.807) is 12.5 Å². The fourth-order valence-corrected chi connectivity index (χ4v) is 1.85. The molecule has 0 aliphatic rings. The van der Waals surface area contributed by atoms with Gasteiger partial charge in [0, 0.05) is 17.8 Å². The maximum absolute atomic E-state index is 5.69. The van der Waals surface area contributed by atoms with Gasteiger partial charge in [-0.3, -0.25) is 0 Å². The van der Waals surface area contributed by atoms with E-state index in [0.29, 0.717) is 5.82 Å². The van der Waals surface area contributed by atoms with E-state index < -0.39 is 0 Å². The first-order valence-corrected chi connectivity index (χ1v) is 5.56. The lowest BCUT2D eigenvalue weighted by atomic mass is 10.0. The molecule has 0 atom stereocenters. The van der Waals surface area contributed by atoms with Crippen molar-refractivity contribution >= 4 is 5.82 Å². The SMILES string of the molecule is Nc1cc(-c2cccc(-c3ccon3)c2)ccn1. The second-order valence-electron chi connectivity index (χ2n) is 3.93. The quantitative estimate of drug-likeness (QED) is 0.744. The van der Waals surface area contributed by atoms with Crippen LogP contribution >= 0.6 is 0 Å². The molecule has 0 radical (unpaired) electrons. The van der Waals surface area contributed by atoms with Crippen molar-refractivity contribution in [1.82, 2.24) is 10.1 Å². The molecule has 0 bridgehead atoms. The average molecular weight is 237 g/mol. The number of aromatic nitrogens is 2. The van der Waals surface area contributed by atoms with Crippen LogP contribution in [0.25, 0.3) is 22.4 Å². The Balaban J connectivity index is 2.06. The number of nitrogens with two attached hydrogens (primary N) is 1. The number of anilines is 1. The Morgan fingerprint density at radius 2 is 1.78 bits per heavy atom. The summed E-state index contributed by atoms with van der Waals surface area (Å²) < 4.78 is 4.85. The Kier molecular flexibility index (Phi) is 2.53. The summed E-state index contributed by atoms with van der Waals surface area (Å²) in [5.41, 5.74) is 9.63. The van der Waals surface area contributed by atoms with Gasteiger partial charge in [0.2, 0.25) is 0 Å². The molecule has 4 nitrogen and oxygen atoms in total. The number of nitrogens with zero attached hydrogens (tertiary/aromatic N) is 2. The van der Waals surface area contributed by atoms with E-state index in [2.05, 4.69) is 10.1 Å². The van der Waals surface area contributed by atoms with Crippen LogP contribution in [0.3, 0.4) is 0 Å². The van der Waals surface area contributed by atoms with Crippen LogP contribution in [-0.4, -0.2) is 10.1 Å². The maximum atomic E-state index is 5.69. The van der Waals surface area contributed by atoms with Gasteiger partial charge in [0.25, 0.3) is 0 Å². The lowest BCUT2D eigenvalue weighted by molar-refractivity contribution is 0.422. The van der Waals surface area contributed by atoms with Gasteiger partial charge >= 0.3 is 0 Å². The van der Waals surface area contributed by atoms with E-state index in [0.717, 1.165) is 22.4 Å². The zero-order valence-electron chi connectivity index (χ0n) is 9.58. The zero-order valence-corrected chi connectivity index (χ0v) is 9.58. The predicted octanol–water partition coefficient (Wildman–Crippen LogP) is 2.99. The van der Waals surface area contributed by atoms with E-state index in [4.69, 9.17) is 10.3 Å². The van der Waals surface area contributed by atoms with Gasteiger partial charge in [-0.05, 0) is 29.3 Å². The van der Waals surface area contributed by atoms with Gasteiger partial charge in [-0.2, -0.15) is 0 Å². The van der Waals surface area contributed by atoms with Crippen molar-refractivity contribution < 1.29 is 4.52 Å². The first kappa shape index (κ1) is 10.5. The summed E-state index contributed by atoms with van der Waals surface area (Å²) in [7, 11) is 0. The van der Waals surface area contributed by atoms with Gasteiger partial charge < -0.3 is 10.3 Å². The number of pyridine rings is 1. The summed E-state index contributed by atoms with van der Waals surface area (Å²) in [4.78, 5) is 3.99. The van der Waals surface area contributed by atoms with Crippen molar-refractivity contribution in [2.45, 2.75) is 0 Å². The highest BCUT2D eigenvalue weighted by molar-refractivity contribution is 5.72. The molecule has 0 spiro atoms. The molecule has 4 heteroatoms. The minimum Gasteiger partial charge on any atom is -0.384 e. The summed E-state index contributed by atoms with van der Waals surface area (Å²) in [5.74, 6) is 0.513. The van der Waals surface area contributed by atoms with Crippen LogP contribution in [0.15, 0.2) is 59.4 Å². The van der Waals surface area contributed by atoms with Crippen LogP contribution in [0.1, 0.15) is 0 Å². The molecule has 0 unspecified atom stereocenters. The minimum absolute atomic E-state index is 0.513. The average Bonchev–Trinajstić information content (AvgIpc) is 2.93. The molecule has 2 N–H and O–H groups in total. The number of hydrogen-bond donors (Lipinski definition) is 1. The van der Waals surface area contributed by atoms with Gasteiger partial charge in [0.15, 0.2) is 0 Å². The number of nitrogen functional groups attached to an aromatic ring is 1. The van der Waals surface area contributed by atoms with Crippen LogP contribution in [0.4, 0.5) is 5.82 Å². The molecule has 0 aliphatic heterocycles. The van der Waals surface area contributed by atoms with Crippen molar-refractivity contribution in [2.75, 3.05) is 5.73 Å². The lowest BCUT2D eigenvalue weighted by Gasteiger charge is -2.04. The molecule has 1 aromatic carbocycles. The third kappa shape index (κ3) is 1.96. The third-order valence-electron chi connectivity index (χ3n) is 2.71. The fourth-order valence-electron chi connectivity index (χ4n) is 1.85. The van der Waals surface area contributed by atoms with Crippen LogP contribution in [0.2, 0.25) is 0 Å². The molecule has 0 amide bonds. The Hall–Kier alpha value is -2.62. The van der Waals surface area contributed by atoms with Crippen molar-refractivity contribution in [3.05, 3.63) is 54.9 Å². The zero-order chi connectivity index (χ0) is 12.4. The minimum atomic E-state index is 0.513. The summed E-state index contributed by atoms with van der Waals surface area (Å²) in [6.45, 7) is 0. The molecular formula is C14H11N3O. The topological polar surface area (TPSA) is 64.9 Å². The van der Waals surface area contributed by atoms with Crippen molar-refractivity contribution in [3.63, 3.8) is 0 Å². The van der Waals surface area contributed by atoms with Gasteiger partial charge in [-0.25, -0.2) is 4.98 Å². The van der Waals surface area contributed by atoms with Crippen LogP contribution in [-0.2, 0) is 0 Å². The Morgan fingerprint density at radius 3 is 2.56 bits per heavy atom. The lowest BCUT2D eigenvalue weighted by Crippen LogP contribution is -1.89. The highest BCUT2D eigenvalue weighted by atomic mass is 16.5. The largest absolute Gasteiger partial charge is 0.384 e. The second-order valence-corrected chi connectivity index (χ2v) is 3.93. The Bertz CT molecular complexity index is 662. The Labute approximate surface area is 104 Å². The van der Waals surface area contributed by atoms with E-state index in [1.165, 1.54) is 0 Å². The first-order valence-electron chi connectivity index (χ1n) is 5.56. The summed E-state index contributed by atoms with van der Waals surface area (Å²) in [6, 6.07) is 13.7. The molecule has 18 heavy (non-hydrogen) atoms. The molecule has 0 saturated carbocycles. The summed E-state index contributed by atoms with van der Waals surface area (Å²) >= 11 is 0. The molecule has 2 heterocycles. The number of benzene rings is 1. The smallest absolute Gasteiger partial charge is 0.124 e. The van der Waals surface area contributed by atoms with E-state index in [-0.39, 0.29) is 0 Å². The molecule has 0 saturated heterocycles. The normalized spacial score (nSPS) is 10.4. The van der Waals surface area contributed by atoms with Gasteiger partial charge in [-0.1, -0.05) is 23.4 Å². The third-order valence-corrected chi connectivity index (χ3v) is 2.71. The maximum Gasteiger partial charge on any atom is 0.124 e. The van der Waals surface area contributed by atoms with E-state index in [9.17, 15) is 0 Å². The monoisotopic (exact) mass is 237 g/mol. The molecular weight excluding hydrogens is 226 g/mol. The molecule has 0 aliphatic carbocycles. The standard InChI is InChI=1S/C14H11N3O/c15-14-9-11(4-6-16-14)10-2-1-3-12(8-10)13-5-7-18-17-13/h1-9H,(H2,15,16). The van der Waals surface area contributed by atoms with Crippen LogP contribution in [0, 0.1) is 0 Å². The van der Waals surface area contributed by atoms with Gasteiger partial charge in [-0.15, -0.1) is 0 Å².